The summed E-state index contributed by atoms with van der Waals surface area (Å²) < 4.78 is 12.3. The van der Waals surface area contributed by atoms with Crippen LogP contribution in [0.25, 0.3) is 0 Å². The van der Waals surface area contributed by atoms with Gasteiger partial charge in [-0.1, -0.05) is 25.0 Å². The first kappa shape index (κ1) is 36.5. The van der Waals surface area contributed by atoms with Crippen molar-refractivity contribution in [2.45, 2.75) is 112 Å². The average Bonchev–Trinajstić information content (AvgIpc) is 3.56. The Labute approximate surface area is 297 Å². The summed E-state index contributed by atoms with van der Waals surface area (Å²) in [6.07, 6.45) is 11.7. The van der Waals surface area contributed by atoms with Crippen molar-refractivity contribution in [3.05, 3.63) is 51.6 Å². The lowest BCUT2D eigenvalue weighted by atomic mass is 10.0. The predicted octanol–water partition coefficient (Wildman–Crippen LogP) is 3.94. The molecule has 16 heteroatoms. The molecule has 2 aromatic heterocycles. The maximum atomic E-state index is 14.3. The fraction of sp³-hybridized carbons (Fsp3) is 0.576. The second-order valence-electron chi connectivity index (χ2n) is 13.4. The molecule has 14 nitrogen and oxygen atoms in total. The van der Waals surface area contributed by atoms with E-state index in [9.17, 15) is 24.0 Å². The number of nitrogens with one attached hydrogen (secondary N) is 2. The van der Waals surface area contributed by atoms with E-state index in [-0.39, 0.29) is 30.0 Å². The van der Waals surface area contributed by atoms with E-state index in [1.807, 2.05) is 12.2 Å². The molecule has 5 rings (SSSR count). The SMILES string of the molecule is CCOC(=O)[C@@]12C[C@H]1C=CCCCCC[C@H](NC(=O)OC(C)(C)C)C(=O)N1C[C@H](n3ncc(Sc4ncccn4)c(Br)c3=O)C[C@H]1C(=O)N2. The number of rotatable bonds is 6. The van der Waals surface area contributed by atoms with Crippen molar-refractivity contribution < 1.29 is 28.7 Å². The Morgan fingerprint density at radius 2 is 1.92 bits per heavy atom. The van der Waals surface area contributed by atoms with Crippen LogP contribution >= 0.6 is 27.7 Å². The van der Waals surface area contributed by atoms with Crippen LogP contribution in [0.5, 0.6) is 0 Å². The second kappa shape index (κ2) is 15.4. The van der Waals surface area contributed by atoms with Gasteiger partial charge in [0.05, 0.1) is 23.7 Å². The normalized spacial score (nSPS) is 26.0. The standard InChI is InChI=1S/C33H42BrN7O7S/c1-5-47-29(45)33-17-20(33)12-9-7-6-8-10-13-22(38-31(46)48-32(2,3)4)27(43)40-19-21(16-23(40)26(42)39-33)41-28(44)25(34)24(18-37-41)49-30-35-14-11-15-36-30/h9,11-12,14-15,18,20-23H,5-8,10,13,16-17,19H2,1-4H3,(H,38,46)(H,39,42)/t20-,21-,22+,23+,33-/m1/s1. The highest BCUT2D eigenvalue weighted by Gasteiger charge is 2.62. The van der Waals surface area contributed by atoms with E-state index in [4.69, 9.17) is 9.47 Å². The Balaban J connectivity index is 1.48. The zero-order valence-electron chi connectivity index (χ0n) is 28.0. The van der Waals surface area contributed by atoms with Gasteiger partial charge in [-0.3, -0.25) is 14.4 Å². The number of nitrogens with zero attached hydrogens (tertiary/aromatic N) is 5. The summed E-state index contributed by atoms with van der Waals surface area (Å²) in [4.78, 5) is 78.5. The molecule has 0 spiro atoms. The Bertz CT molecular complexity index is 1650. The van der Waals surface area contributed by atoms with Crippen LogP contribution in [0.4, 0.5) is 4.79 Å². The highest BCUT2D eigenvalue weighted by atomic mass is 79.9. The van der Waals surface area contributed by atoms with Gasteiger partial charge in [0.15, 0.2) is 5.16 Å². The zero-order valence-corrected chi connectivity index (χ0v) is 30.4. The highest BCUT2D eigenvalue weighted by Crippen LogP contribution is 2.46. The van der Waals surface area contributed by atoms with E-state index >= 15 is 0 Å². The molecule has 1 saturated heterocycles. The summed E-state index contributed by atoms with van der Waals surface area (Å²) in [5.74, 6) is -1.82. The minimum atomic E-state index is -1.25. The third-order valence-corrected chi connectivity index (χ3v) is 10.5. The summed E-state index contributed by atoms with van der Waals surface area (Å²) in [7, 11) is 0. The largest absolute Gasteiger partial charge is 0.464 e. The van der Waals surface area contributed by atoms with E-state index in [0.717, 1.165) is 19.3 Å². The Morgan fingerprint density at radius 3 is 2.63 bits per heavy atom. The first-order valence-electron chi connectivity index (χ1n) is 16.5. The molecular weight excluding hydrogens is 718 g/mol. The third-order valence-electron chi connectivity index (χ3n) is 8.59. The number of carbonyl (C=O) groups is 4. The zero-order chi connectivity index (χ0) is 35.3. The van der Waals surface area contributed by atoms with Gasteiger partial charge in [-0.15, -0.1) is 0 Å². The second-order valence-corrected chi connectivity index (χ2v) is 15.2. The van der Waals surface area contributed by atoms with Gasteiger partial charge in [0, 0.05) is 31.3 Å². The number of amides is 3. The molecule has 1 saturated carbocycles. The van der Waals surface area contributed by atoms with Crippen LogP contribution in [0, 0.1) is 5.92 Å². The van der Waals surface area contributed by atoms with Crippen molar-refractivity contribution in [2.75, 3.05) is 13.2 Å². The van der Waals surface area contributed by atoms with Crippen LogP contribution in [0.2, 0.25) is 0 Å². The molecule has 2 fully saturated rings. The summed E-state index contributed by atoms with van der Waals surface area (Å²) in [6.45, 7) is 7.01. The minimum absolute atomic E-state index is 0.0349. The van der Waals surface area contributed by atoms with E-state index in [1.54, 1.807) is 46.2 Å². The molecule has 4 heterocycles. The summed E-state index contributed by atoms with van der Waals surface area (Å²) in [6, 6.07) is -1.06. The summed E-state index contributed by atoms with van der Waals surface area (Å²) in [5, 5.41) is 10.5. The fourth-order valence-electron chi connectivity index (χ4n) is 6.15. The van der Waals surface area contributed by atoms with Crippen molar-refractivity contribution >= 4 is 51.6 Å². The number of aromatic nitrogens is 4. The van der Waals surface area contributed by atoms with Gasteiger partial charge in [0.2, 0.25) is 11.8 Å². The molecule has 5 atom stereocenters. The molecule has 2 N–H and O–H groups in total. The van der Waals surface area contributed by atoms with Crippen LogP contribution in [-0.2, 0) is 23.9 Å². The van der Waals surface area contributed by atoms with Gasteiger partial charge in [-0.2, -0.15) is 5.10 Å². The van der Waals surface area contributed by atoms with Crippen LogP contribution in [0.15, 0.2) is 56.1 Å². The van der Waals surface area contributed by atoms with Gasteiger partial charge >= 0.3 is 12.1 Å². The monoisotopic (exact) mass is 759 g/mol. The fourth-order valence-corrected chi connectivity index (χ4v) is 7.38. The molecule has 3 amide bonds. The number of esters is 1. The van der Waals surface area contributed by atoms with E-state index in [0.29, 0.717) is 29.3 Å². The first-order chi connectivity index (χ1) is 23.3. The Morgan fingerprint density at radius 1 is 1.16 bits per heavy atom. The smallest absolute Gasteiger partial charge is 0.408 e. The predicted molar refractivity (Wildman–Crippen MR) is 183 cm³/mol. The lowest BCUT2D eigenvalue weighted by Crippen LogP contribution is -2.56. The van der Waals surface area contributed by atoms with Gasteiger partial charge < -0.3 is 25.0 Å². The van der Waals surface area contributed by atoms with E-state index in [2.05, 4.69) is 41.6 Å². The van der Waals surface area contributed by atoms with Crippen molar-refractivity contribution in [1.82, 2.24) is 35.3 Å². The van der Waals surface area contributed by atoms with Gasteiger partial charge in [0.25, 0.3) is 5.56 Å². The molecule has 0 unspecified atom stereocenters. The Hall–Kier alpha value is -3.79. The topological polar surface area (TPSA) is 175 Å². The van der Waals surface area contributed by atoms with Crippen molar-refractivity contribution in [1.29, 1.82) is 0 Å². The molecule has 0 bridgehead atoms. The molecule has 2 aromatic rings. The van der Waals surface area contributed by atoms with Crippen LogP contribution in [0.3, 0.4) is 0 Å². The third kappa shape index (κ3) is 8.69. The van der Waals surface area contributed by atoms with E-state index < -0.39 is 58.7 Å². The van der Waals surface area contributed by atoms with Crippen LogP contribution in [0.1, 0.15) is 78.7 Å². The lowest BCUT2D eigenvalue weighted by Gasteiger charge is -2.30. The van der Waals surface area contributed by atoms with Gasteiger partial charge in [0.1, 0.15) is 27.7 Å². The number of halogens is 1. The number of hydrogen-bond acceptors (Lipinski definition) is 11. The van der Waals surface area contributed by atoms with Crippen molar-refractivity contribution in [3.8, 4) is 0 Å². The number of hydrogen-bond donors (Lipinski definition) is 2. The van der Waals surface area contributed by atoms with E-state index in [1.165, 1.54) is 27.5 Å². The highest BCUT2D eigenvalue weighted by molar-refractivity contribution is 9.10. The number of allylic oxidation sites excluding steroid dienone is 1. The molecule has 0 aromatic carbocycles. The molecule has 2 aliphatic heterocycles. The maximum absolute atomic E-state index is 14.3. The average molecular weight is 761 g/mol. The lowest BCUT2D eigenvalue weighted by molar-refractivity contribution is -0.150. The van der Waals surface area contributed by atoms with Crippen LogP contribution in [-0.4, -0.2) is 84.9 Å². The molecule has 3 aliphatic rings. The number of fused-ring (bicyclic) bond motifs is 2. The van der Waals surface area contributed by atoms with Crippen molar-refractivity contribution in [3.63, 3.8) is 0 Å². The quantitative estimate of drug-likeness (QED) is 0.248. The van der Waals surface area contributed by atoms with Crippen molar-refractivity contribution in [2.24, 2.45) is 5.92 Å². The molecule has 49 heavy (non-hydrogen) atoms. The molecular formula is C33H42BrN7O7S. The molecule has 1 aliphatic carbocycles. The maximum Gasteiger partial charge on any atom is 0.408 e. The number of carbonyl (C=O) groups excluding carboxylic acids is 4. The van der Waals surface area contributed by atoms with Crippen LogP contribution < -0.4 is 16.2 Å². The number of ether oxygens (including phenoxy) is 2. The number of alkyl carbamates (subject to hydrolysis) is 1. The Kier molecular flexibility index (Phi) is 11.5. The van der Waals surface area contributed by atoms with Gasteiger partial charge in [-0.25, -0.2) is 24.2 Å². The summed E-state index contributed by atoms with van der Waals surface area (Å²) in [5.41, 5.74) is -2.50. The molecule has 264 valence electrons. The first-order valence-corrected chi connectivity index (χ1v) is 18.1. The van der Waals surface area contributed by atoms with Gasteiger partial charge in [-0.05, 0) is 87.1 Å². The summed E-state index contributed by atoms with van der Waals surface area (Å²) >= 11 is 4.57. The molecule has 0 radical (unpaired) electrons. The minimum Gasteiger partial charge on any atom is -0.464 e.